The molecule has 0 unspecified atom stereocenters. The van der Waals surface area contributed by atoms with Crippen LogP contribution in [0.15, 0.2) is 35.7 Å². The Hall–Kier alpha value is -2.45. The van der Waals surface area contributed by atoms with Crippen molar-refractivity contribution in [2.45, 2.75) is 0 Å². The van der Waals surface area contributed by atoms with Gasteiger partial charge in [-0.25, -0.2) is 22.5 Å². The number of carbonyl (C=O) groups excluding carboxylic acids is 1. The van der Waals surface area contributed by atoms with Gasteiger partial charge in [-0.05, 0) is 30.3 Å². The molecule has 3 nitrogen and oxygen atoms in total. The Morgan fingerprint density at radius 3 is 2.40 bits per heavy atom. The van der Waals surface area contributed by atoms with Crippen molar-refractivity contribution in [3.05, 3.63) is 69.6 Å². The van der Waals surface area contributed by atoms with Crippen LogP contribution >= 0.6 is 22.9 Å². The molecule has 0 bridgehead atoms. The normalized spacial score (nSPS) is 10.8. The van der Waals surface area contributed by atoms with Crippen molar-refractivity contribution in [2.24, 2.45) is 0 Å². The maximum atomic E-state index is 13.3. The van der Waals surface area contributed by atoms with E-state index in [0.717, 1.165) is 23.5 Å². The van der Waals surface area contributed by atoms with Crippen LogP contribution in [0.25, 0.3) is 11.3 Å². The molecule has 0 radical (unpaired) electrons. The van der Waals surface area contributed by atoms with Gasteiger partial charge in [0, 0.05) is 10.9 Å². The Bertz CT molecular complexity index is 977. The van der Waals surface area contributed by atoms with Crippen LogP contribution in [-0.4, -0.2) is 10.9 Å². The van der Waals surface area contributed by atoms with E-state index >= 15 is 0 Å². The van der Waals surface area contributed by atoms with E-state index in [2.05, 4.69) is 10.3 Å². The molecular weight excluding hydrogens is 380 g/mol. The lowest BCUT2D eigenvalue weighted by atomic mass is 10.2. The van der Waals surface area contributed by atoms with Crippen LogP contribution in [0.5, 0.6) is 0 Å². The molecule has 1 N–H and O–H groups in total. The van der Waals surface area contributed by atoms with Crippen molar-refractivity contribution in [1.82, 2.24) is 4.98 Å². The van der Waals surface area contributed by atoms with Gasteiger partial charge in [0.25, 0.3) is 5.91 Å². The number of carbonyl (C=O) groups is 1. The number of halogens is 5. The number of rotatable bonds is 3. The SMILES string of the molecule is O=C(Nc1nc(-c2ccc(F)c(F)c2)cs1)c1cc(F)c(F)cc1Cl. The number of thiazole rings is 1. The smallest absolute Gasteiger partial charge is 0.259 e. The van der Waals surface area contributed by atoms with Gasteiger partial charge in [-0.3, -0.25) is 10.1 Å². The maximum Gasteiger partial charge on any atom is 0.259 e. The Morgan fingerprint density at radius 2 is 1.68 bits per heavy atom. The van der Waals surface area contributed by atoms with Gasteiger partial charge in [0.2, 0.25) is 0 Å². The first-order valence-corrected chi connectivity index (χ1v) is 7.98. The zero-order chi connectivity index (χ0) is 18.1. The number of hydrogen-bond donors (Lipinski definition) is 1. The van der Waals surface area contributed by atoms with Crippen LogP contribution in [0, 0.1) is 23.3 Å². The van der Waals surface area contributed by atoms with Crippen LogP contribution in [0.4, 0.5) is 22.7 Å². The summed E-state index contributed by atoms with van der Waals surface area (Å²) < 4.78 is 52.5. The van der Waals surface area contributed by atoms with Gasteiger partial charge >= 0.3 is 0 Å². The van der Waals surface area contributed by atoms with Gasteiger partial charge < -0.3 is 0 Å². The molecule has 2 aromatic carbocycles. The number of benzene rings is 2. The highest BCUT2D eigenvalue weighted by Crippen LogP contribution is 2.27. The Balaban J connectivity index is 1.82. The summed E-state index contributed by atoms with van der Waals surface area (Å²) in [5.74, 6) is -5.17. The molecule has 0 aliphatic heterocycles. The first-order valence-electron chi connectivity index (χ1n) is 6.72. The molecule has 0 spiro atoms. The number of nitrogens with one attached hydrogen (secondary N) is 1. The molecule has 1 aromatic heterocycles. The van der Waals surface area contributed by atoms with Crippen molar-refractivity contribution in [1.29, 1.82) is 0 Å². The molecule has 3 rings (SSSR count). The van der Waals surface area contributed by atoms with Gasteiger partial charge in [-0.2, -0.15) is 0 Å². The quantitative estimate of drug-likeness (QED) is 0.492. The zero-order valence-corrected chi connectivity index (χ0v) is 13.7. The Labute approximate surface area is 147 Å². The summed E-state index contributed by atoms with van der Waals surface area (Å²) in [6.45, 7) is 0. The molecule has 0 fully saturated rings. The summed E-state index contributed by atoms with van der Waals surface area (Å²) in [5.41, 5.74) is 0.377. The van der Waals surface area contributed by atoms with Gasteiger partial charge in [-0.15, -0.1) is 11.3 Å². The second kappa shape index (κ2) is 6.81. The molecule has 0 saturated heterocycles. The minimum Gasteiger partial charge on any atom is -0.298 e. The van der Waals surface area contributed by atoms with E-state index in [1.807, 2.05) is 0 Å². The topological polar surface area (TPSA) is 42.0 Å². The molecule has 128 valence electrons. The second-order valence-electron chi connectivity index (χ2n) is 4.87. The number of aromatic nitrogens is 1. The van der Waals surface area contributed by atoms with Gasteiger partial charge in [0.05, 0.1) is 16.3 Å². The first-order chi connectivity index (χ1) is 11.8. The average Bonchev–Trinajstić information content (AvgIpc) is 3.02. The van der Waals surface area contributed by atoms with E-state index in [9.17, 15) is 22.4 Å². The van der Waals surface area contributed by atoms with E-state index in [0.29, 0.717) is 23.4 Å². The van der Waals surface area contributed by atoms with Gasteiger partial charge in [0.1, 0.15) is 0 Å². The van der Waals surface area contributed by atoms with Crippen LogP contribution in [-0.2, 0) is 0 Å². The lowest BCUT2D eigenvalue weighted by Crippen LogP contribution is -2.13. The molecule has 1 heterocycles. The van der Waals surface area contributed by atoms with Gasteiger partial charge in [0.15, 0.2) is 28.4 Å². The third-order valence-corrected chi connectivity index (χ3v) is 4.27. The lowest BCUT2D eigenvalue weighted by molar-refractivity contribution is 0.102. The third-order valence-electron chi connectivity index (χ3n) is 3.19. The minimum absolute atomic E-state index is 0.130. The first kappa shape index (κ1) is 17.4. The molecular formula is C16H7ClF4N2OS. The summed E-state index contributed by atoms with van der Waals surface area (Å²) in [4.78, 5) is 16.2. The second-order valence-corrected chi connectivity index (χ2v) is 6.13. The average molecular weight is 387 g/mol. The number of nitrogens with zero attached hydrogens (tertiary/aromatic N) is 1. The number of hydrogen-bond acceptors (Lipinski definition) is 3. The fourth-order valence-electron chi connectivity index (χ4n) is 1.98. The lowest BCUT2D eigenvalue weighted by Gasteiger charge is -2.05. The highest BCUT2D eigenvalue weighted by atomic mass is 35.5. The largest absolute Gasteiger partial charge is 0.298 e. The van der Waals surface area contributed by atoms with Crippen molar-refractivity contribution in [3.8, 4) is 11.3 Å². The van der Waals surface area contributed by atoms with Crippen molar-refractivity contribution in [3.63, 3.8) is 0 Å². The maximum absolute atomic E-state index is 13.3. The van der Waals surface area contributed by atoms with E-state index in [-0.39, 0.29) is 15.7 Å². The van der Waals surface area contributed by atoms with Crippen molar-refractivity contribution < 1.29 is 22.4 Å². The molecule has 0 aliphatic carbocycles. The van der Waals surface area contributed by atoms with E-state index in [1.165, 1.54) is 11.4 Å². The van der Waals surface area contributed by atoms with Crippen LogP contribution in [0.1, 0.15) is 10.4 Å². The molecule has 3 aromatic rings. The Morgan fingerprint density at radius 1 is 1.00 bits per heavy atom. The predicted molar refractivity (Wildman–Crippen MR) is 86.8 cm³/mol. The monoisotopic (exact) mass is 386 g/mol. The molecule has 1 amide bonds. The molecule has 0 saturated carbocycles. The highest BCUT2D eigenvalue weighted by molar-refractivity contribution is 7.14. The van der Waals surface area contributed by atoms with E-state index in [1.54, 1.807) is 0 Å². The fourth-order valence-corrected chi connectivity index (χ4v) is 2.93. The third kappa shape index (κ3) is 3.64. The van der Waals surface area contributed by atoms with E-state index < -0.39 is 29.2 Å². The Kier molecular flexibility index (Phi) is 4.73. The predicted octanol–water partition coefficient (Wildman–Crippen LogP) is 5.27. The molecule has 0 atom stereocenters. The summed E-state index contributed by atoms with van der Waals surface area (Å²) in [7, 11) is 0. The van der Waals surface area contributed by atoms with Gasteiger partial charge in [-0.1, -0.05) is 11.6 Å². The van der Waals surface area contributed by atoms with Crippen LogP contribution < -0.4 is 5.32 Å². The molecule has 9 heteroatoms. The summed E-state index contributed by atoms with van der Waals surface area (Å²) in [6, 6.07) is 4.65. The van der Waals surface area contributed by atoms with Crippen LogP contribution in [0.2, 0.25) is 5.02 Å². The number of anilines is 1. The minimum atomic E-state index is -1.21. The number of amides is 1. The zero-order valence-electron chi connectivity index (χ0n) is 12.1. The van der Waals surface area contributed by atoms with Crippen molar-refractivity contribution in [2.75, 3.05) is 5.32 Å². The summed E-state index contributed by atoms with van der Waals surface area (Å²) in [5, 5.41) is 3.79. The van der Waals surface area contributed by atoms with E-state index in [4.69, 9.17) is 11.6 Å². The molecule has 0 aliphatic rings. The fraction of sp³-hybridized carbons (Fsp3) is 0. The van der Waals surface area contributed by atoms with Crippen molar-refractivity contribution >= 4 is 34.0 Å². The summed E-state index contributed by atoms with van der Waals surface area (Å²) >= 11 is 6.75. The highest BCUT2D eigenvalue weighted by Gasteiger charge is 2.17. The summed E-state index contributed by atoms with van der Waals surface area (Å²) in [6.07, 6.45) is 0. The van der Waals surface area contributed by atoms with Crippen LogP contribution in [0.3, 0.4) is 0 Å². The standard InChI is InChI=1S/C16H7ClF4N2OS/c17-9-5-13(21)12(20)4-8(9)15(24)23-16-22-14(6-25-16)7-1-2-10(18)11(19)3-7/h1-6H,(H,22,23,24). The molecule has 25 heavy (non-hydrogen) atoms.